The molecule has 0 bridgehead atoms. The molecular weight excluding hydrogens is 335 g/mol. The first-order chi connectivity index (χ1) is 11.6. The number of nitrogens with one attached hydrogen (secondary N) is 1. The fraction of sp³-hybridized carbons (Fsp3) is 0.529. The largest absolute Gasteiger partial charge is 0.416 e. The average molecular weight is 357 g/mol. The van der Waals surface area contributed by atoms with Crippen molar-refractivity contribution in [2.24, 2.45) is 11.7 Å². The molecule has 8 heteroatoms. The molecule has 2 amide bonds. The van der Waals surface area contributed by atoms with Crippen molar-refractivity contribution in [1.29, 1.82) is 0 Å². The zero-order chi connectivity index (χ0) is 18.8. The van der Waals surface area contributed by atoms with Gasteiger partial charge in [0.05, 0.1) is 5.56 Å². The predicted octanol–water partition coefficient (Wildman–Crippen LogP) is 2.86. The summed E-state index contributed by atoms with van der Waals surface area (Å²) in [5.41, 5.74) is 4.60. The summed E-state index contributed by atoms with van der Waals surface area (Å²) < 4.78 is 39.4. The van der Waals surface area contributed by atoms with Gasteiger partial charge in [-0.05, 0) is 37.0 Å². The molecule has 2 unspecified atom stereocenters. The van der Waals surface area contributed by atoms with E-state index in [1.54, 1.807) is 0 Å². The number of piperidine rings is 1. The van der Waals surface area contributed by atoms with Crippen LogP contribution in [0.4, 0.5) is 18.9 Å². The molecule has 0 saturated carbocycles. The number of carbonyl (C=O) groups excluding carboxylic acids is 2. The van der Waals surface area contributed by atoms with Gasteiger partial charge in [-0.1, -0.05) is 6.92 Å². The molecule has 1 aliphatic heterocycles. The highest BCUT2D eigenvalue weighted by Crippen LogP contribution is 2.33. The number of nitrogens with two attached hydrogens (primary N) is 1. The molecule has 1 fully saturated rings. The zero-order valence-corrected chi connectivity index (χ0v) is 14.2. The van der Waals surface area contributed by atoms with E-state index in [1.165, 1.54) is 17.9 Å². The first kappa shape index (κ1) is 19.2. The minimum atomic E-state index is -4.62. The maximum absolute atomic E-state index is 13.1. The van der Waals surface area contributed by atoms with E-state index in [-0.39, 0.29) is 23.8 Å². The van der Waals surface area contributed by atoms with Crippen molar-refractivity contribution in [1.82, 2.24) is 4.90 Å². The van der Waals surface area contributed by atoms with Crippen LogP contribution in [0, 0.1) is 5.92 Å². The number of alkyl halides is 3. The smallest absolute Gasteiger partial charge is 0.334 e. The molecule has 0 spiro atoms. The second-order valence-electron chi connectivity index (χ2n) is 6.50. The van der Waals surface area contributed by atoms with Crippen LogP contribution in [-0.4, -0.2) is 35.8 Å². The van der Waals surface area contributed by atoms with Crippen molar-refractivity contribution >= 4 is 17.5 Å². The first-order valence-electron chi connectivity index (χ1n) is 8.12. The Hall–Kier alpha value is -2.09. The zero-order valence-electron chi connectivity index (χ0n) is 14.2. The van der Waals surface area contributed by atoms with Gasteiger partial charge in [-0.25, -0.2) is 0 Å². The van der Waals surface area contributed by atoms with Gasteiger partial charge >= 0.3 is 6.18 Å². The van der Waals surface area contributed by atoms with Gasteiger partial charge in [-0.3, -0.25) is 9.59 Å². The van der Waals surface area contributed by atoms with Crippen molar-refractivity contribution in [3.8, 4) is 0 Å². The maximum Gasteiger partial charge on any atom is 0.416 e. The predicted molar refractivity (Wildman–Crippen MR) is 88.0 cm³/mol. The Morgan fingerprint density at radius 3 is 2.56 bits per heavy atom. The average Bonchev–Trinajstić information content (AvgIpc) is 2.52. The molecule has 0 radical (unpaired) electrons. The summed E-state index contributed by atoms with van der Waals surface area (Å²) in [5, 5.41) is 2.31. The second kappa shape index (κ2) is 7.43. The molecule has 1 aliphatic rings. The van der Waals surface area contributed by atoms with Gasteiger partial charge < -0.3 is 16.0 Å². The topological polar surface area (TPSA) is 75.4 Å². The summed E-state index contributed by atoms with van der Waals surface area (Å²) in [7, 11) is 0. The normalized spacial score (nSPS) is 21.1. The van der Waals surface area contributed by atoms with Crippen molar-refractivity contribution in [2.75, 3.05) is 18.4 Å². The van der Waals surface area contributed by atoms with Crippen molar-refractivity contribution in [3.63, 3.8) is 0 Å². The fourth-order valence-corrected chi connectivity index (χ4v) is 3.10. The first-order valence-corrected chi connectivity index (χ1v) is 8.12. The third-order valence-electron chi connectivity index (χ3n) is 4.34. The fourth-order valence-electron chi connectivity index (χ4n) is 3.10. The van der Waals surface area contributed by atoms with Crippen LogP contribution in [0.5, 0.6) is 0 Å². The van der Waals surface area contributed by atoms with E-state index in [0.717, 1.165) is 25.0 Å². The molecule has 2 rings (SSSR count). The number of amides is 2. The van der Waals surface area contributed by atoms with E-state index in [2.05, 4.69) is 12.2 Å². The quantitative estimate of drug-likeness (QED) is 0.873. The Labute approximate surface area is 144 Å². The number of hydrogen-bond donors (Lipinski definition) is 2. The molecule has 1 heterocycles. The van der Waals surface area contributed by atoms with Gasteiger partial charge in [0.25, 0.3) is 5.91 Å². The monoisotopic (exact) mass is 357 g/mol. The lowest BCUT2D eigenvalue weighted by molar-refractivity contribution is -0.137. The summed E-state index contributed by atoms with van der Waals surface area (Å²) in [5.74, 6) is -0.599. The van der Waals surface area contributed by atoms with Gasteiger partial charge in [0.2, 0.25) is 5.91 Å². The van der Waals surface area contributed by atoms with Gasteiger partial charge in [0, 0.05) is 37.3 Å². The third kappa shape index (κ3) is 4.72. The number of likely N-dealkylation sites (tertiary alicyclic amines) is 1. The lowest BCUT2D eigenvalue weighted by Crippen LogP contribution is -2.49. The summed E-state index contributed by atoms with van der Waals surface area (Å²) in [6, 6.07) is 2.70. The molecule has 3 N–H and O–H groups in total. The molecule has 25 heavy (non-hydrogen) atoms. The van der Waals surface area contributed by atoms with Crippen molar-refractivity contribution in [2.45, 2.75) is 38.9 Å². The molecule has 0 aromatic heterocycles. The van der Waals surface area contributed by atoms with Crippen LogP contribution in [0.15, 0.2) is 18.2 Å². The number of halogens is 3. The van der Waals surface area contributed by atoms with Crippen LogP contribution in [-0.2, 0) is 11.0 Å². The van der Waals surface area contributed by atoms with E-state index in [4.69, 9.17) is 5.73 Å². The molecule has 2 atom stereocenters. The second-order valence-corrected chi connectivity index (χ2v) is 6.50. The summed E-state index contributed by atoms with van der Waals surface area (Å²) in [6.07, 6.45) is -3.12. The SMILES string of the molecule is CC(=O)Nc1cc(C(=O)N2CCC(C)CC2CN)cc(C(F)(F)F)c1. The number of anilines is 1. The maximum atomic E-state index is 13.1. The number of benzene rings is 1. The van der Waals surface area contributed by atoms with Gasteiger partial charge in [0.15, 0.2) is 0 Å². The van der Waals surface area contributed by atoms with Gasteiger partial charge in [-0.2, -0.15) is 13.2 Å². The van der Waals surface area contributed by atoms with Crippen LogP contribution in [0.3, 0.4) is 0 Å². The summed E-state index contributed by atoms with van der Waals surface area (Å²) in [6.45, 7) is 3.96. The molecule has 1 aromatic carbocycles. The van der Waals surface area contributed by atoms with E-state index >= 15 is 0 Å². The highest BCUT2D eigenvalue weighted by atomic mass is 19.4. The van der Waals surface area contributed by atoms with Crippen LogP contribution in [0.25, 0.3) is 0 Å². The van der Waals surface area contributed by atoms with Crippen LogP contribution < -0.4 is 11.1 Å². The Balaban J connectivity index is 2.39. The lowest BCUT2D eigenvalue weighted by Gasteiger charge is -2.38. The van der Waals surface area contributed by atoms with Crippen LogP contribution in [0.2, 0.25) is 0 Å². The van der Waals surface area contributed by atoms with Gasteiger partial charge in [-0.15, -0.1) is 0 Å². The molecule has 5 nitrogen and oxygen atoms in total. The highest BCUT2D eigenvalue weighted by Gasteiger charge is 2.34. The lowest BCUT2D eigenvalue weighted by atomic mass is 9.91. The third-order valence-corrected chi connectivity index (χ3v) is 4.34. The molecule has 0 aliphatic carbocycles. The van der Waals surface area contributed by atoms with Gasteiger partial charge in [0.1, 0.15) is 0 Å². The van der Waals surface area contributed by atoms with Crippen molar-refractivity contribution < 1.29 is 22.8 Å². The minimum absolute atomic E-state index is 0.0552. The Morgan fingerprint density at radius 2 is 2.00 bits per heavy atom. The highest BCUT2D eigenvalue weighted by molar-refractivity contribution is 5.97. The van der Waals surface area contributed by atoms with Crippen LogP contribution >= 0.6 is 0 Å². The van der Waals surface area contributed by atoms with Crippen LogP contribution in [0.1, 0.15) is 42.6 Å². The molecule has 1 saturated heterocycles. The minimum Gasteiger partial charge on any atom is -0.334 e. The summed E-state index contributed by atoms with van der Waals surface area (Å²) >= 11 is 0. The van der Waals surface area contributed by atoms with E-state index < -0.39 is 23.6 Å². The standard InChI is InChI=1S/C17H22F3N3O2/c1-10-3-4-23(15(5-10)9-21)16(25)12-6-13(17(18,19)20)8-14(7-12)22-11(2)24/h6-8,10,15H,3-5,9,21H2,1-2H3,(H,22,24). The molecule has 1 aromatic rings. The number of nitrogens with zero attached hydrogens (tertiary/aromatic N) is 1. The Bertz CT molecular complexity index is 661. The van der Waals surface area contributed by atoms with E-state index in [9.17, 15) is 22.8 Å². The molecule has 138 valence electrons. The number of hydrogen-bond acceptors (Lipinski definition) is 3. The van der Waals surface area contributed by atoms with Crippen molar-refractivity contribution in [3.05, 3.63) is 29.3 Å². The molecular formula is C17H22F3N3O2. The Kier molecular flexibility index (Phi) is 5.72. The Morgan fingerprint density at radius 1 is 1.32 bits per heavy atom. The summed E-state index contributed by atoms with van der Waals surface area (Å²) in [4.78, 5) is 25.5. The van der Waals surface area contributed by atoms with E-state index in [0.29, 0.717) is 12.5 Å². The number of carbonyl (C=O) groups is 2. The number of rotatable bonds is 3. The van der Waals surface area contributed by atoms with E-state index in [1.807, 2.05) is 0 Å².